The highest BCUT2D eigenvalue weighted by Crippen LogP contribution is 2.27. The second-order valence-electron chi connectivity index (χ2n) is 7.02. The lowest BCUT2D eigenvalue weighted by Gasteiger charge is -2.27. The second-order valence-corrected chi connectivity index (χ2v) is 7.91. The van der Waals surface area contributed by atoms with Gasteiger partial charge in [0.15, 0.2) is 5.82 Å². The Bertz CT molecular complexity index is 1240. The van der Waals surface area contributed by atoms with Crippen LogP contribution in [0.15, 0.2) is 48.2 Å². The molecule has 1 saturated heterocycles. The van der Waals surface area contributed by atoms with Crippen molar-refractivity contribution < 1.29 is 9.18 Å². The summed E-state index contributed by atoms with van der Waals surface area (Å²) in [5.74, 6) is -0.376. The molecule has 1 aliphatic rings. The van der Waals surface area contributed by atoms with E-state index in [9.17, 15) is 9.18 Å². The van der Waals surface area contributed by atoms with Gasteiger partial charge in [-0.25, -0.2) is 24.3 Å². The molecule has 1 amide bonds. The van der Waals surface area contributed by atoms with Gasteiger partial charge in [-0.05, 0) is 24.3 Å². The fourth-order valence-corrected chi connectivity index (χ4v) is 4.05. The molecule has 5 rings (SSSR count). The van der Waals surface area contributed by atoms with Gasteiger partial charge in [-0.2, -0.15) is 0 Å². The minimum Gasteiger partial charge on any atom is -0.335 e. The van der Waals surface area contributed by atoms with Gasteiger partial charge in [0.05, 0.1) is 33.8 Å². The number of thiazole rings is 1. The first-order valence-electron chi connectivity index (χ1n) is 9.76. The highest BCUT2D eigenvalue weighted by molar-refractivity contribution is 7.16. The van der Waals surface area contributed by atoms with Crippen LogP contribution < -0.4 is 10.6 Å². The van der Waals surface area contributed by atoms with Crippen molar-refractivity contribution in [2.45, 2.75) is 0 Å². The van der Waals surface area contributed by atoms with E-state index in [2.05, 4.69) is 30.6 Å². The predicted octanol–water partition coefficient (Wildman–Crippen LogP) is 3.08. The molecular formula is C21H18FN7OS. The van der Waals surface area contributed by atoms with Crippen LogP contribution in [0.3, 0.4) is 0 Å². The average Bonchev–Trinajstić information content (AvgIpc) is 3.29. The van der Waals surface area contributed by atoms with Crippen molar-refractivity contribution in [3.05, 3.63) is 59.7 Å². The number of halogens is 1. The third kappa shape index (κ3) is 4.07. The molecule has 0 aliphatic carbocycles. The molecule has 0 spiro atoms. The highest BCUT2D eigenvalue weighted by Gasteiger charge is 2.19. The number of carbonyl (C=O) groups is 1. The summed E-state index contributed by atoms with van der Waals surface area (Å²) in [5.41, 5.74) is 4.34. The molecule has 1 aromatic carbocycles. The summed E-state index contributed by atoms with van der Waals surface area (Å²) in [6, 6.07) is 8.91. The summed E-state index contributed by atoms with van der Waals surface area (Å²) in [6.45, 7) is 2.90. The van der Waals surface area contributed by atoms with E-state index in [0.29, 0.717) is 30.0 Å². The molecule has 0 radical (unpaired) electrons. The van der Waals surface area contributed by atoms with E-state index < -0.39 is 5.82 Å². The summed E-state index contributed by atoms with van der Waals surface area (Å²) in [7, 11) is 0. The Morgan fingerprint density at radius 3 is 2.77 bits per heavy atom. The van der Waals surface area contributed by atoms with Crippen LogP contribution in [0.4, 0.5) is 16.0 Å². The number of pyridine rings is 1. The number of fused-ring (bicyclic) bond motifs is 1. The number of nitrogens with zero attached hydrogens (tertiary/aromatic N) is 5. The minimum absolute atomic E-state index is 0.0919. The topological polar surface area (TPSA) is 95.9 Å². The van der Waals surface area contributed by atoms with Crippen LogP contribution in [-0.4, -0.2) is 56.9 Å². The molecule has 2 N–H and O–H groups in total. The maximum Gasteiger partial charge on any atom is 0.272 e. The van der Waals surface area contributed by atoms with Crippen LogP contribution in [0, 0.1) is 5.82 Å². The van der Waals surface area contributed by atoms with Crippen molar-refractivity contribution in [2.75, 3.05) is 31.5 Å². The number of hydrogen-bond donors (Lipinski definition) is 2. The zero-order chi connectivity index (χ0) is 21.2. The molecule has 4 heterocycles. The third-order valence-electron chi connectivity index (χ3n) is 4.99. The molecule has 3 aromatic heterocycles. The molecule has 0 bridgehead atoms. The van der Waals surface area contributed by atoms with Crippen molar-refractivity contribution >= 4 is 39.1 Å². The van der Waals surface area contributed by atoms with E-state index in [-0.39, 0.29) is 17.5 Å². The van der Waals surface area contributed by atoms with E-state index in [1.807, 2.05) is 12.1 Å². The molecule has 0 unspecified atom stereocenters. The lowest BCUT2D eigenvalue weighted by Crippen LogP contribution is -2.46. The number of anilines is 2. The fourth-order valence-electron chi connectivity index (χ4n) is 3.39. The smallest absolute Gasteiger partial charge is 0.272 e. The number of aromatic nitrogens is 4. The van der Waals surface area contributed by atoms with Crippen molar-refractivity contribution in [3.8, 4) is 11.3 Å². The Morgan fingerprint density at radius 1 is 1.10 bits per heavy atom. The van der Waals surface area contributed by atoms with Crippen molar-refractivity contribution in [2.24, 2.45) is 0 Å². The number of hydrogen-bond acceptors (Lipinski definition) is 8. The van der Waals surface area contributed by atoms with Crippen LogP contribution in [0.2, 0.25) is 0 Å². The van der Waals surface area contributed by atoms with Gasteiger partial charge >= 0.3 is 0 Å². The first-order chi connectivity index (χ1) is 15.2. The third-order valence-corrected chi connectivity index (χ3v) is 5.80. The van der Waals surface area contributed by atoms with Gasteiger partial charge in [0.1, 0.15) is 11.4 Å². The Balaban J connectivity index is 1.35. The molecule has 0 saturated carbocycles. The summed E-state index contributed by atoms with van der Waals surface area (Å²) < 4.78 is 15.4. The Hall–Kier alpha value is -3.50. The maximum absolute atomic E-state index is 14.4. The predicted molar refractivity (Wildman–Crippen MR) is 117 cm³/mol. The first-order valence-corrected chi connectivity index (χ1v) is 10.6. The number of nitrogens with one attached hydrogen (secondary N) is 2. The quantitative estimate of drug-likeness (QED) is 0.509. The minimum atomic E-state index is -0.518. The van der Waals surface area contributed by atoms with Gasteiger partial charge in [0.25, 0.3) is 5.91 Å². The molecular weight excluding hydrogens is 417 g/mol. The van der Waals surface area contributed by atoms with Crippen LogP contribution in [-0.2, 0) is 0 Å². The van der Waals surface area contributed by atoms with Crippen molar-refractivity contribution in [1.29, 1.82) is 0 Å². The van der Waals surface area contributed by atoms with Crippen LogP contribution in [0.1, 0.15) is 10.5 Å². The monoisotopic (exact) mass is 435 g/mol. The Kier molecular flexibility index (Phi) is 5.23. The van der Waals surface area contributed by atoms with Crippen molar-refractivity contribution in [3.63, 3.8) is 0 Å². The zero-order valence-corrected chi connectivity index (χ0v) is 17.2. The van der Waals surface area contributed by atoms with E-state index >= 15 is 0 Å². The van der Waals surface area contributed by atoms with Crippen LogP contribution >= 0.6 is 11.3 Å². The molecule has 1 aliphatic heterocycles. The highest BCUT2D eigenvalue weighted by atomic mass is 32.1. The molecule has 4 aromatic rings. The largest absolute Gasteiger partial charge is 0.335 e. The summed E-state index contributed by atoms with van der Waals surface area (Å²) >= 11 is 1.53. The van der Waals surface area contributed by atoms with Gasteiger partial charge in [0, 0.05) is 31.7 Å². The Labute approximate surface area is 181 Å². The van der Waals surface area contributed by atoms with E-state index in [1.165, 1.54) is 11.3 Å². The average molecular weight is 435 g/mol. The van der Waals surface area contributed by atoms with Gasteiger partial charge in [-0.3, -0.25) is 4.79 Å². The van der Waals surface area contributed by atoms with E-state index in [0.717, 1.165) is 29.5 Å². The number of carbonyl (C=O) groups excluding carboxylic acids is 1. The van der Waals surface area contributed by atoms with Gasteiger partial charge in [-0.15, -0.1) is 11.3 Å². The molecule has 156 valence electrons. The SMILES string of the molecule is O=C(c1ccc(Nc2ncc(F)c(-c3ccc4scnc4c3)n2)cn1)N1CCNCC1. The number of amides is 1. The summed E-state index contributed by atoms with van der Waals surface area (Å²) in [4.78, 5) is 31.2. The van der Waals surface area contributed by atoms with E-state index in [4.69, 9.17) is 0 Å². The fraction of sp³-hybridized carbons (Fsp3) is 0.190. The first kappa shape index (κ1) is 19.5. The number of piperazine rings is 1. The normalized spacial score (nSPS) is 14.0. The van der Waals surface area contributed by atoms with Crippen LogP contribution in [0.25, 0.3) is 21.5 Å². The zero-order valence-electron chi connectivity index (χ0n) is 16.4. The van der Waals surface area contributed by atoms with Gasteiger partial charge in [-0.1, -0.05) is 6.07 Å². The maximum atomic E-state index is 14.4. The number of rotatable bonds is 4. The molecule has 8 nitrogen and oxygen atoms in total. The molecule has 31 heavy (non-hydrogen) atoms. The lowest BCUT2D eigenvalue weighted by molar-refractivity contribution is 0.0730. The lowest BCUT2D eigenvalue weighted by atomic mass is 10.1. The second kappa shape index (κ2) is 8.32. The molecule has 0 atom stereocenters. The van der Waals surface area contributed by atoms with E-state index in [1.54, 1.807) is 34.8 Å². The standard InChI is InChI=1S/C21H18FN7OS/c22-15-11-25-21(28-19(15)13-1-4-18-17(9-13)26-12-31-18)27-14-2-3-16(24-10-14)20(30)29-7-5-23-6-8-29/h1-4,9-12,23H,5-8H2,(H,25,27,28). The van der Waals surface area contributed by atoms with Crippen LogP contribution in [0.5, 0.6) is 0 Å². The Morgan fingerprint density at radius 2 is 1.97 bits per heavy atom. The van der Waals surface area contributed by atoms with Crippen molar-refractivity contribution in [1.82, 2.24) is 30.2 Å². The summed E-state index contributed by atoms with van der Waals surface area (Å²) in [6.07, 6.45) is 2.68. The summed E-state index contributed by atoms with van der Waals surface area (Å²) in [5, 5.41) is 6.24. The molecule has 1 fully saturated rings. The van der Waals surface area contributed by atoms with Gasteiger partial charge < -0.3 is 15.5 Å². The van der Waals surface area contributed by atoms with Gasteiger partial charge in [0.2, 0.25) is 5.95 Å². The number of benzene rings is 1. The molecule has 10 heteroatoms.